The molecule has 0 spiro atoms. The van der Waals surface area contributed by atoms with Gasteiger partial charge in [-0.25, -0.2) is 4.98 Å². The van der Waals surface area contributed by atoms with Crippen molar-refractivity contribution in [3.8, 4) is 28.0 Å². The highest BCUT2D eigenvalue weighted by Crippen LogP contribution is 2.38. The van der Waals surface area contributed by atoms with Crippen LogP contribution in [0, 0.1) is 0 Å². The van der Waals surface area contributed by atoms with Gasteiger partial charge in [-0.05, 0) is 48.5 Å². The van der Waals surface area contributed by atoms with Crippen molar-refractivity contribution in [2.24, 2.45) is 0 Å². The monoisotopic (exact) mass is 427 g/mol. The molecule has 30 heavy (non-hydrogen) atoms. The number of benzene rings is 1. The Balaban J connectivity index is 1.54. The molecule has 2 aromatic heterocycles. The Bertz CT molecular complexity index is 1040. The van der Waals surface area contributed by atoms with Crippen LogP contribution in [0.25, 0.3) is 10.7 Å². The van der Waals surface area contributed by atoms with E-state index in [4.69, 9.17) is 14.5 Å². The van der Waals surface area contributed by atoms with E-state index in [-0.39, 0.29) is 17.2 Å². The summed E-state index contributed by atoms with van der Waals surface area (Å²) in [5.74, 6) is 1.64. The molecule has 1 unspecified atom stereocenters. The van der Waals surface area contributed by atoms with Gasteiger partial charge in [-0.1, -0.05) is 6.07 Å². The number of aromatic hydroxyl groups is 1. The zero-order valence-corrected chi connectivity index (χ0v) is 17.9. The standard InChI is InChI=1S/C22H25N3O4S/c1-28-17-9-14(10-18(29-2)21(17)27)12-25-7-3-5-15(13-25)16-11-20(26)24-22(23-16)19-6-4-8-30-19/h4,6,8-11,15,27H,3,5,7,12-13H2,1-2H3,(H,23,24,26). The molecule has 1 saturated heterocycles. The zero-order valence-electron chi connectivity index (χ0n) is 17.1. The van der Waals surface area contributed by atoms with Gasteiger partial charge in [0.15, 0.2) is 11.5 Å². The minimum Gasteiger partial charge on any atom is -0.502 e. The maximum Gasteiger partial charge on any atom is 0.251 e. The van der Waals surface area contributed by atoms with E-state index in [0.717, 1.165) is 42.1 Å². The quantitative estimate of drug-likeness (QED) is 0.625. The molecule has 0 aliphatic carbocycles. The molecule has 0 radical (unpaired) electrons. The van der Waals surface area contributed by atoms with Crippen LogP contribution >= 0.6 is 11.3 Å². The number of phenolic OH excluding ortho intramolecular Hbond substituents is 1. The Hall–Kier alpha value is -2.84. The van der Waals surface area contributed by atoms with Gasteiger partial charge in [0.25, 0.3) is 5.56 Å². The van der Waals surface area contributed by atoms with Crippen LogP contribution in [0.5, 0.6) is 17.2 Å². The van der Waals surface area contributed by atoms with Gasteiger partial charge < -0.3 is 19.6 Å². The molecule has 3 heterocycles. The number of hydrogen-bond donors (Lipinski definition) is 2. The second kappa shape index (κ2) is 8.89. The number of aromatic amines is 1. The molecule has 0 saturated carbocycles. The van der Waals surface area contributed by atoms with E-state index in [9.17, 15) is 9.90 Å². The lowest BCUT2D eigenvalue weighted by atomic mass is 9.94. The number of nitrogens with zero attached hydrogens (tertiary/aromatic N) is 2. The number of nitrogens with one attached hydrogen (secondary N) is 1. The molecule has 1 aliphatic heterocycles. The van der Waals surface area contributed by atoms with Gasteiger partial charge in [0, 0.05) is 25.1 Å². The lowest BCUT2D eigenvalue weighted by molar-refractivity contribution is 0.198. The Morgan fingerprint density at radius 2 is 2.03 bits per heavy atom. The summed E-state index contributed by atoms with van der Waals surface area (Å²) in [5.41, 5.74) is 1.72. The lowest BCUT2D eigenvalue weighted by Gasteiger charge is -2.32. The molecule has 1 fully saturated rings. The average molecular weight is 428 g/mol. The topological polar surface area (TPSA) is 87.7 Å². The zero-order chi connectivity index (χ0) is 21.1. The number of phenols is 1. The van der Waals surface area contributed by atoms with E-state index < -0.39 is 0 Å². The van der Waals surface area contributed by atoms with Gasteiger partial charge in [0.2, 0.25) is 5.75 Å². The molecule has 0 bridgehead atoms. The first-order valence-corrected chi connectivity index (χ1v) is 10.8. The van der Waals surface area contributed by atoms with Gasteiger partial charge >= 0.3 is 0 Å². The second-order valence-corrected chi connectivity index (χ2v) is 8.37. The first-order valence-electron chi connectivity index (χ1n) is 9.88. The van der Waals surface area contributed by atoms with Crippen LogP contribution in [-0.2, 0) is 6.54 Å². The summed E-state index contributed by atoms with van der Waals surface area (Å²) in [5, 5.41) is 12.1. The number of likely N-dealkylation sites (tertiary alicyclic amines) is 1. The van der Waals surface area contributed by atoms with Crippen LogP contribution in [0.3, 0.4) is 0 Å². The number of methoxy groups -OCH3 is 2. The molecule has 4 rings (SSSR count). The van der Waals surface area contributed by atoms with Gasteiger partial charge in [-0.15, -0.1) is 11.3 Å². The highest BCUT2D eigenvalue weighted by Gasteiger charge is 2.24. The van der Waals surface area contributed by atoms with E-state index in [0.29, 0.717) is 23.9 Å². The fourth-order valence-electron chi connectivity index (χ4n) is 3.95. The molecule has 7 nitrogen and oxygen atoms in total. The summed E-state index contributed by atoms with van der Waals surface area (Å²) < 4.78 is 10.5. The molecule has 2 N–H and O–H groups in total. The van der Waals surface area contributed by atoms with Crippen LogP contribution in [-0.4, -0.2) is 47.3 Å². The summed E-state index contributed by atoms with van der Waals surface area (Å²) in [6.45, 7) is 2.47. The molecule has 8 heteroatoms. The maximum absolute atomic E-state index is 12.2. The molecular formula is C22H25N3O4S. The van der Waals surface area contributed by atoms with Crippen molar-refractivity contribution in [3.63, 3.8) is 0 Å². The summed E-state index contributed by atoms with van der Waals surface area (Å²) in [4.78, 5) is 23.2. The smallest absolute Gasteiger partial charge is 0.251 e. The molecule has 3 aromatic rings. The normalized spacial score (nSPS) is 17.1. The van der Waals surface area contributed by atoms with Gasteiger partial charge in [-0.3, -0.25) is 9.69 Å². The molecule has 1 aromatic carbocycles. The van der Waals surface area contributed by atoms with E-state index in [1.54, 1.807) is 17.4 Å². The SMILES string of the molecule is COc1cc(CN2CCCC(c3cc(=O)[nH]c(-c4cccs4)n3)C2)cc(OC)c1O. The third kappa shape index (κ3) is 4.34. The van der Waals surface area contributed by atoms with E-state index in [2.05, 4.69) is 9.88 Å². The first-order chi connectivity index (χ1) is 14.6. The predicted octanol–water partition coefficient (Wildman–Crippen LogP) is 3.60. The van der Waals surface area contributed by atoms with Crippen molar-refractivity contribution in [3.05, 3.63) is 57.3 Å². The van der Waals surface area contributed by atoms with E-state index in [1.807, 2.05) is 29.6 Å². The number of thiophene rings is 1. The van der Waals surface area contributed by atoms with E-state index >= 15 is 0 Å². The van der Waals surface area contributed by atoms with Crippen LogP contribution in [0.1, 0.15) is 30.0 Å². The third-order valence-electron chi connectivity index (χ3n) is 5.39. The van der Waals surface area contributed by atoms with Crippen LogP contribution in [0.2, 0.25) is 0 Å². The summed E-state index contributed by atoms with van der Waals surface area (Å²) >= 11 is 1.56. The number of aromatic nitrogens is 2. The number of ether oxygens (including phenoxy) is 2. The Morgan fingerprint density at radius 1 is 1.27 bits per heavy atom. The maximum atomic E-state index is 12.2. The first kappa shape index (κ1) is 20.4. The van der Waals surface area contributed by atoms with Gasteiger partial charge in [-0.2, -0.15) is 0 Å². The highest BCUT2D eigenvalue weighted by atomic mass is 32.1. The van der Waals surface area contributed by atoms with Crippen LogP contribution in [0.4, 0.5) is 0 Å². The Morgan fingerprint density at radius 3 is 2.70 bits per heavy atom. The van der Waals surface area contributed by atoms with Crippen LogP contribution in [0.15, 0.2) is 40.5 Å². The van der Waals surface area contributed by atoms with E-state index in [1.165, 1.54) is 14.2 Å². The van der Waals surface area contributed by atoms with Crippen molar-refractivity contribution >= 4 is 11.3 Å². The van der Waals surface area contributed by atoms with Gasteiger partial charge in [0.05, 0.1) is 24.8 Å². The summed E-state index contributed by atoms with van der Waals surface area (Å²) in [6.07, 6.45) is 2.03. The largest absolute Gasteiger partial charge is 0.502 e. The van der Waals surface area contributed by atoms with Crippen molar-refractivity contribution < 1.29 is 14.6 Å². The summed E-state index contributed by atoms with van der Waals surface area (Å²) in [6, 6.07) is 9.21. The fraction of sp³-hybridized carbons (Fsp3) is 0.364. The minimum absolute atomic E-state index is 0.00841. The van der Waals surface area contributed by atoms with Crippen molar-refractivity contribution in [2.45, 2.75) is 25.3 Å². The lowest BCUT2D eigenvalue weighted by Crippen LogP contribution is -2.34. The molecule has 1 aliphatic rings. The fourth-order valence-corrected chi connectivity index (χ4v) is 4.62. The van der Waals surface area contributed by atoms with Crippen molar-refractivity contribution in [1.29, 1.82) is 0 Å². The highest BCUT2D eigenvalue weighted by molar-refractivity contribution is 7.13. The van der Waals surface area contributed by atoms with Gasteiger partial charge in [0.1, 0.15) is 5.82 Å². The predicted molar refractivity (Wildman–Crippen MR) is 117 cm³/mol. The summed E-state index contributed by atoms with van der Waals surface area (Å²) in [7, 11) is 3.05. The number of rotatable bonds is 6. The minimum atomic E-state index is -0.117. The Labute approximate surface area is 178 Å². The molecule has 158 valence electrons. The van der Waals surface area contributed by atoms with Crippen molar-refractivity contribution in [2.75, 3.05) is 27.3 Å². The number of hydrogen-bond acceptors (Lipinski definition) is 7. The molecular weight excluding hydrogens is 402 g/mol. The molecule has 0 amide bonds. The van der Waals surface area contributed by atoms with Crippen LogP contribution < -0.4 is 15.0 Å². The Kier molecular flexibility index (Phi) is 6.06. The molecule has 1 atom stereocenters. The number of H-pyrrole nitrogens is 1. The second-order valence-electron chi connectivity index (χ2n) is 7.42. The van der Waals surface area contributed by atoms with Crippen molar-refractivity contribution in [1.82, 2.24) is 14.9 Å². The number of piperidine rings is 1. The average Bonchev–Trinajstić information content (AvgIpc) is 3.29. The third-order valence-corrected chi connectivity index (χ3v) is 6.26.